The monoisotopic (exact) mass is 310 g/mol. The first-order valence-electron chi connectivity index (χ1n) is 8.89. The lowest BCUT2D eigenvalue weighted by molar-refractivity contribution is 0.0992. The van der Waals surface area contributed by atoms with E-state index in [0.717, 1.165) is 31.9 Å². The number of aliphatic imine (C=N–C) groups is 1. The predicted molar refractivity (Wildman–Crippen MR) is 92.4 cm³/mol. The molecule has 0 aromatic heterocycles. The van der Waals surface area contributed by atoms with Gasteiger partial charge in [0.2, 0.25) is 0 Å². The van der Waals surface area contributed by atoms with Crippen molar-refractivity contribution in [3.63, 3.8) is 0 Å². The lowest BCUT2D eigenvalue weighted by Gasteiger charge is -2.30. The minimum Gasteiger partial charge on any atom is -0.373 e. The van der Waals surface area contributed by atoms with Gasteiger partial charge >= 0.3 is 0 Å². The number of guanidine groups is 1. The standard InChI is InChI=1S/C17H34N4O/c1-12(2)21(13(3)4)10-6-9-19-17(18-5)20-15-11-14-7-8-16(15)22-14/h12-16H,6-11H2,1-5H3,(H2,18,19,20). The van der Waals surface area contributed by atoms with Gasteiger partial charge in [-0.3, -0.25) is 9.89 Å². The van der Waals surface area contributed by atoms with Gasteiger partial charge < -0.3 is 15.4 Å². The highest BCUT2D eigenvalue weighted by molar-refractivity contribution is 5.80. The minimum atomic E-state index is 0.390. The van der Waals surface area contributed by atoms with Crippen LogP contribution in [-0.2, 0) is 4.74 Å². The molecule has 0 radical (unpaired) electrons. The predicted octanol–water partition coefficient (Wildman–Crippen LogP) is 1.98. The Kier molecular flexibility index (Phi) is 6.50. The van der Waals surface area contributed by atoms with Crippen molar-refractivity contribution in [3.8, 4) is 0 Å². The zero-order valence-corrected chi connectivity index (χ0v) is 14.9. The van der Waals surface area contributed by atoms with E-state index in [-0.39, 0.29) is 0 Å². The van der Waals surface area contributed by atoms with Crippen LogP contribution < -0.4 is 10.6 Å². The summed E-state index contributed by atoms with van der Waals surface area (Å²) < 4.78 is 5.89. The first-order valence-corrected chi connectivity index (χ1v) is 8.89. The molecule has 128 valence electrons. The van der Waals surface area contributed by atoms with E-state index < -0.39 is 0 Å². The minimum absolute atomic E-state index is 0.390. The second kappa shape index (κ2) is 8.16. The van der Waals surface area contributed by atoms with Crippen molar-refractivity contribution in [2.24, 2.45) is 4.99 Å². The Balaban J connectivity index is 1.66. The molecule has 5 nitrogen and oxygen atoms in total. The van der Waals surface area contributed by atoms with Gasteiger partial charge in [-0.25, -0.2) is 0 Å². The number of rotatable bonds is 7. The highest BCUT2D eigenvalue weighted by Gasteiger charge is 2.41. The van der Waals surface area contributed by atoms with E-state index >= 15 is 0 Å². The first kappa shape index (κ1) is 17.5. The molecule has 3 unspecified atom stereocenters. The van der Waals surface area contributed by atoms with Gasteiger partial charge in [0.25, 0.3) is 0 Å². The van der Waals surface area contributed by atoms with E-state index in [9.17, 15) is 0 Å². The Bertz CT molecular complexity index is 362. The van der Waals surface area contributed by atoms with Gasteiger partial charge in [-0.1, -0.05) is 0 Å². The maximum absolute atomic E-state index is 5.89. The Hall–Kier alpha value is -0.810. The summed E-state index contributed by atoms with van der Waals surface area (Å²) in [7, 11) is 1.85. The Morgan fingerprint density at radius 2 is 1.95 bits per heavy atom. The second-order valence-corrected chi connectivity index (χ2v) is 7.14. The van der Waals surface area contributed by atoms with Crippen molar-refractivity contribution < 1.29 is 4.74 Å². The van der Waals surface area contributed by atoms with Crippen LogP contribution in [0.4, 0.5) is 0 Å². The van der Waals surface area contributed by atoms with Crippen LogP contribution in [0, 0.1) is 0 Å². The van der Waals surface area contributed by atoms with E-state index in [0.29, 0.717) is 30.3 Å². The molecule has 0 saturated carbocycles. The molecule has 2 N–H and O–H groups in total. The van der Waals surface area contributed by atoms with Crippen molar-refractivity contribution in [2.45, 2.75) is 83.7 Å². The van der Waals surface area contributed by atoms with Crippen molar-refractivity contribution in [1.29, 1.82) is 0 Å². The van der Waals surface area contributed by atoms with E-state index in [1.165, 1.54) is 12.8 Å². The third-order valence-electron chi connectivity index (χ3n) is 4.86. The third kappa shape index (κ3) is 4.59. The molecule has 0 amide bonds. The molecule has 3 atom stereocenters. The normalized spacial score (nSPS) is 28.2. The summed E-state index contributed by atoms with van der Waals surface area (Å²) in [6.45, 7) is 11.1. The summed E-state index contributed by atoms with van der Waals surface area (Å²) >= 11 is 0. The zero-order chi connectivity index (χ0) is 16.1. The maximum Gasteiger partial charge on any atom is 0.191 e. The molecule has 0 aromatic rings. The average Bonchev–Trinajstić information content (AvgIpc) is 3.07. The smallest absolute Gasteiger partial charge is 0.191 e. The molecule has 5 heteroatoms. The summed E-state index contributed by atoms with van der Waals surface area (Å²) in [6.07, 6.45) is 5.54. The molecule has 2 heterocycles. The maximum atomic E-state index is 5.89. The number of ether oxygens (including phenoxy) is 1. The molecule has 2 bridgehead atoms. The molecule has 0 spiro atoms. The Morgan fingerprint density at radius 3 is 2.45 bits per heavy atom. The second-order valence-electron chi connectivity index (χ2n) is 7.14. The Labute approximate surface area is 135 Å². The highest BCUT2D eigenvalue weighted by Crippen LogP contribution is 2.34. The number of hydrogen-bond acceptors (Lipinski definition) is 3. The molecular formula is C17H34N4O. The van der Waals surface area contributed by atoms with Crippen LogP contribution in [0.2, 0.25) is 0 Å². The lowest BCUT2D eigenvalue weighted by atomic mass is 9.96. The first-order chi connectivity index (χ1) is 10.5. The van der Waals surface area contributed by atoms with Crippen LogP contribution in [0.25, 0.3) is 0 Å². The van der Waals surface area contributed by atoms with Gasteiger partial charge in [0.15, 0.2) is 5.96 Å². The fraction of sp³-hybridized carbons (Fsp3) is 0.941. The zero-order valence-electron chi connectivity index (χ0n) is 14.9. The fourth-order valence-corrected chi connectivity index (χ4v) is 3.74. The summed E-state index contributed by atoms with van der Waals surface area (Å²) in [5.74, 6) is 0.918. The summed E-state index contributed by atoms with van der Waals surface area (Å²) in [5.41, 5.74) is 0. The summed E-state index contributed by atoms with van der Waals surface area (Å²) in [5, 5.41) is 6.98. The van der Waals surface area contributed by atoms with Crippen molar-refractivity contribution in [2.75, 3.05) is 20.1 Å². The molecule has 2 fully saturated rings. The molecule has 2 aliphatic rings. The number of nitrogens with one attached hydrogen (secondary N) is 2. The van der Waals surface area contributed by atoms with Gasteiger partial charge in [0, 0.05) is 32.2 Å². The molecular weight excluding hydrogens is 276 g/mol. The molecule has 0 aromatic carbocycles. The summed E-state index contributed by atoms with van der Waals surface area (Å²) in [4.78, 5) is 6.88. The summed E-state index contributed by atoms with van der Waals surface area (Å²) in [6, 6.07) is 1.64. The molecule has 2 rings (SSSR count). The fourth-order valence-electron chi connectivity index (χ4n) is 3.74. The van der Waals surface area contributed by atoms with Gasteiger partial charge in [0.05, 0.1) is 18.2 Å². The lowest BCUT2D eigenvalue weighted by Crippen LogP contribution is -2.48. The number of hydrogen-bond donors (Lipinski definition) is 2. The molecule has 2 aliphatic heterocycles. The molecule has 2 saturated heterocycles. The van der Waals surface area contributed by atoms with Crippen molar-refractivity contribution in [3.05, 3.63) is 0 Å². The topological polar surface area (TPSA) is 48.9 Å². The van der Waals surface area contributed by atoms with Crippen LogP contribution in [0.15, 0.2) is 4.99 Å². The number of nitrogens with zero attached hydrogens (tertiary/aromatic N) is 2. The van der Waals surface area contributed by atoms with Crippen LogP contribution in [0.3, 0.4) is 0 Å². The van der Waals surface area contributed by atoms with Crippen LogP contribution in [0.1, 0.15) is 53.4 Å². The molecule has 0 aliphatic carbocycles. The van der Waals surface area contributed by atoms with Crippen LogP contribution in [0.5, 0.6) is 0 Å². The average molecular weight is 310 g/mol. The van der Waals surface area contributed by atoms with E-state index in [1.807, 2.05) is 7.05 Å². The van der Waals surface area contributed by atoms with Gasteiger partial charge in [-0.05, 0) is 53.4 Å². The largest absolute Gasteiger partial charge is 0.373 e. The van der Waals surface area contributed by atoms with Gasteiger partial charge in [-0.15, -0.1) is 0 Å². The SMILES string of the molecule is CN=C(NCCCN(C(C)C)C(C)C)NC1CC2CCC1O2. The quantitative estimate of drug-likeness (QED) is 0.429. The number of fused-ring (bicyclic) bond motifs is 2. The van der Waals surface area contributed by atoms with E-state index in [2.05, 4.69) is 48.2 Å². The van der Waals surface area contributed by atoms with Gasteiger partial charge in [-0.2, -0.15) is 0 Å². The Morgan fingerprint density at radius 1 is 1.23 bits per heavy atom. The van der Waals surface area contributed by atoms with E-state index in [1.54, 1.807) is 0 Å². The van der Waals surface area contributed by atoms with Crippen LogP contribution in [-0.4, -0.2) is 61.3 Å². The highest BCUT2D eigenvalue weighted by atomic mass is 16.5. The van der Waals surface area contributed by atoms with Crippen LogP contribution >= 0.6 is 0 Å². The third-order valence-corrected chi connectivity index (χ3v) is 4.86. The van der Waals surface area contributed by atoms with Gasteiger partial charge in [0.1, 0.15) is 0 Å². The molecule has 22 heavy (non-hydrogen) atoms. The van der Waals surface area contributed by atoms with Crippen molar-refractivity contribution >= 4 is 5.96 Å². The van der Waals surface area contributed by atoms with E-state index in [4.69, 9.17) is 4.74 Å². The van der Waals surface area contributed by atoms with Crippen molar-refractivity contribution in [1.82, 2.24) is 15.5 Å².